The molecule has 0 radical (unpaired) electrons. The van der Waals surface area contributed by atoms with E-state index in [1.165, 1.54) is 12.1 Å². The molecule has 9 heteroatoms. The molecule has 0 bridgehead atoms. The molecule has 1 aromatic heterocycles. The monoisotopic (exact) mass is 599 g/mol. The van der Waals surface area contributed by atoms with E-state index in [9.17, 15) is 4.79 Å². The second-order valence-electron chi connectivity index (χ2n) is 12.5. The number of anilines is 1. The zero-order chi connectivity index (χ0) is 30.9. The highest BCUT2D eigenvalue weighted by molar-refractivity contribution is 5.73. The van der Waals surface area contributed by atoms with Gasteiger partial charge < -0.3 is 24.0 Å². The lowest BCUT2D eigenvalue weighted by atomic mass is 9.73. The molecule has 7 nitrogen and oxygen atoms in total. The number of halogens is 2. The Morgan fingerprint density at radius 2 is 1.39 bits per heavy atom. The normalized spacial score (nSPS) is 15.4. The van der Waals surface area contributed by atoms with Crippen LogP contribution >= 0.6 is 0 Å². The number of pyridine rings is 1. The van der Waals surface area contributed by atoms with E-state index in [0.29, 0.717) is 31.9 Å². The maximum Gasteiger partial charge on any atom is 0.410 e. The fourth-order valence-corrected chi connectivity index (χ4v) is 5.63. The maximum absolute atomic E-state index is 15.7. The van der Waals surface area contributed by atoms with Gasteiger partial charge in [-0.2, -0.15) is 4.98 Å². The highest BCUT2D eigenvalue weighted by Crippen LogP contribution is 2.44. The highest BCUT2D eigenvalue weighted by Gasteiger charge is 2.54. The summed E-state index contributed by atoms with van der Waals surface area (Å²) >= 11 is 0. The van der Waals surface area contributed by atoms with Crippen LogP contribution in [0.5, 0.6) is 11.8 Å². The predicted octanol–water partition coefficient (Wildman–Crippen LogP) is 7.24. The number of amides is 1. The summed E-state index contributed by atoms with van der Waals surface area (Å²) in [6.45, 7) is 8.29. The topological polar surface area (TPSA) is 64.1 Å². The van der Waals surface area contributed by atoms with Gasteiger partial charge in [0.25, 0.3) is 0 Å². The molecule has 4 aromatic rings. The Bertz CT molecular complexity index is 1610. The summed E-state index contributed by atoms with van der Waals surface area (Å²) in [7, 11) is 0. The minimum absolute atomic E-state index is 0.0737. The van der Waals surface area contributed by atoms with Gasteiger partial charge in [0.1, 0.15) is 30.4 Å². The predicted molar refractivity (Wildman–Crippen MR) is 164 cm³/mol. The first-order valence-corrected chi connectivity index (χ1v) is 14.6. The van der Waals surface area contributed by atoms with Crippen molar-refractivity contribution >= 4 is 11.8 Å². The van der Waals surface area contributed by atoms with Gasteiger partial charge in [-0.15, -0.1) is 0 Å². The molecule has 1 spiro atoms. The first kappa shape index (κ1) is 29.4. The molecule has 0 N–H and O–H groups in total. The van der Waals surface area contributed by atoms with Crippen LogP contribution in [-0.4, -0.2) is 47.8 Å². The standard InChI is InChI=1S/C35H35F2N3O4/c1-34(2,3)44-33(41)40-22-35(23-40)20-39(21-35)26-16-28(36)31(29(37)17-26)27-14-15-30(42-18-24-10-6-4-7-11-24)38-32(27)43-19-25-12-8-5-9-13-25/h4-17H,18-23H2,1-3H3. The van der Waals surface area contributed by atoms with Crippen molar-refractivity contribution in [3.63, 3.8) is 0 Å². The van der Waals surface area contributed by atoms with Gasteiger partial charge in [0.15, 0.2) is 0 Å². The van der Waals surface area contributed by atoms with Gasteiger partial charge in [0, 0.05) is 43.3 Å². The van der Waals surface area contributed by atoms with Crippen molar-refractivity contribution in [2.75, 3.05) is 31.1 Å². The van der Waals surface area contributed by atoms with Crippen LogP contribution in [-0.2, 0) is 18.0 Å². The van der Waals surface area contributed by atoms with E-state index in [0.717, 1.165) is 11.1 Å². The number of ether oxygens (including phenoxy) is 3. The van der Waals surface area contributed by atoms with Crippen LogP contribution in [0.2, 0.25) is 0 Å². The summed E-state index contributed by atoms with van der Waals surface area (Å²) in [6.07, 6.45) is -0.335. The lowest BCUT2D eigenvalue weighted by Gasteiger charge is -2.60. The molecule has 44 heavy (non-hydrogen) atoms. The average Bonchev–Trinajstić information content (AvgIpc) is 2.94. The Balaban J connectivity index is 1.18. The number of carbonyl (C=O) groups excluding carboxylic acids is 1. The van der Waals surface area contributed by atoms with E-state index in [1.807, 2.05) is 86.3 Å². The molecule has 228 valence electrons. The quantitative estimate of drug-likeness (QED) is 0.213. The van der Waals surface area contributed by atoms with Gasteiger partial charge in [-0.1, -0.05) is 60.7 Å². The van der Waals surface area contributed by atoms with E-state index >= 15 is 8.78 Å². The first-order chi connectivity index (χ1) is 21.1. The molecule has 2 saturated heterocycles. The molecule has 2 fully saturated rings. The van der Waals surface area contributed by atoms with Crippen LogP contribution in [0.3, 0.4) is 0 Å². The zero-order valence-electron chi connectivity index (χ0n) is 25.1. The summed E-state index contributed by atoms with van der Waals surface area (Å²) in [5.74, 6) is -1.07. The number of hydrogen-bond acceptors (Lipinski definition) is 6. The average molecular weight is 600 g/mol. The van der Waals surface area contributed by atoms with Crippen molar-refractivity contribution in [1.82, 2.24) is 9.88 Å². The summed E-state index contributed by atoms with van der Waals surface area (Å²) in [5.41, 5.74) is 1.65. The molecular formula is C35H35F2N3O4. The SMILES string of the molecule is CC(C)(C)OC(=O)N1CC2(C1)CN(c1cc(F)c(-c3ccc(OCc4ccccc4)nc3OCc3ccccc3)c(F)c1)C2. The van der Waals surface area contributed by atoms with Crippen molar-refractivity contribution in [2.24, 2.45) is 5.41 Å². The second kappa shape index (κ2) is 11.8. The van der Waals surface area contributed by atoms with Crippen LogP contribution in [0.15, 0.2) is 84.9 Å². The van der Waals surface area contributed by atoms with Crippen molar-refractivity contribution in [3.8, 4) is 22.9 Å². The smallest absolute Gasteiger partial charge is 0.410 e. The Morgan fingerprint density at radius 3 is 1.95 bits per heavy atom. The number of carbonyl (C=O) groups is 1. The lowest BCUT2D eigenvalue weighted by Crippen LogP contribution is -2.73. The van der Waals surface area contributed by atoms with Crippen molar-refractivity contribution in [3.05, 3.63) is 108 Å². The Labute approximate surface area is 256 Å². The third kappa shape index (κ3) is 6.46. The van der Waals surface area contributed by atoms with Crippen molar-refractivity contribution in [1.29, 1.82) is 0 Å². The molecule has 0 saturated carbocycles. The third-order valence-electron chi connectivity index (χ3n) is 7.70. The van der Waals surface area contributed by atoms with Gasteiger partial charge in [0.05, 0.1) is 11.1 Å². The Morgan fingerprint density at radius 1 is 0.818 bits per heavy atom. The molecule has 2 aliphatic rings. The summed E-state index contributed by atoms with van der Waals surface area (Å²) in [6, 6.07) is 25.0. The molecule has 3 heterocycles. The molecular weight excluding hydrogens is 564 g/mol. The summed E-state index contributed by atoms with van der Waals surface area (Å²) < 4.78 is 48.7. The molecule has 0 atom stereocenters. The van der Waals surface area contributed by atoms with Crippen LogP contribution < -0.4 is 14.4 Å². The van der Waals surface area contributed by atoms with E-state index in [2.05, 4.69) is 4.98 Å². The van der Waals surface area contributed by atoms with E-state index in [1.54, 1.807) is 17.0 Å². The van der Waals surface area contributed by atoms with Gasteiger partial charge in [0.2, 0.25) is 11.8 Å². The minimum Gasteiger partial charge on any atom is -0.473 e. The maximum atomic E-state index is 15.7. The van der Waals surface area contributed by atoms with E-state index in [4.69, 9.17) is 14.2 Å². The van der Waals surface area contributed by atoms with Crippen LogP contribution in [0.1, 0.15) is 31.9 Å². The first-order valence-electron chi connectivity index (χ1n) is 14.6. The largest absolute Gasteiger partial charge is 0.473 e. The Hall–Kier alpha value is -4.66. The summed E-state index contributed by atoms with van der Waals surface area (Å²) in [4.78, 5) is 20.4. The number of nitrogens with zero attached hydrogens (tertiary/aromatic N) is 3. The number of hydrogen-bond donors (Lipinski definition) is 0. The minimum atomic E-state index is -0.714. The number of benzene rings is 3. The van der Waals surface area contributed by atoms with E-state index in [-0.39, 0.29) is 47.6 Å². The Kier molecular flexibility index (Phi) is 7.88. The van der Waals surface area contributed by atoms with Crippen LogP contribution in [0.4, 0.5) is 19.3 Å². The van der Waals surface area contributed by atoms with Crippen molar-refractivity contribution in [2.45, 2.75) is 39.6 Å². The zero-order valence-corrected chi connectivity index (χ0v) is 25.1. The van der Waals surface area contributed by atoms with Gasteiger partial charge in [-0.25, -0.2) is 13.6 Å². The lowest BCUT2D eigenvalue weighted by molar-refractivity contribution is -0.0453. The fraction of sp³-hybridized carbons (Fsp3) is 0.314. The summed E-state index contributed by atoms with van der Waals surface area (Å²) in [5, 5.41) is 0. The van der Waals surface area contributed by atoms with Crippen LogP contribution in [0, 0.1) is 17.0 Å². The number of likely N-dealkylation sites (tertiary alicyclic amines) is 1. The molecule has 3 aromatic carbocycles. The van der Waals surface area contributed by atoms with Gasteiger partial charge in [-0.3, -0.25) is 0 Å². The second-order valence-corrected chi connectivity index (χ2v) is 12.5. The van der Waals surface area contributed by atoms with Crippen LogP contribution in [0.25, 0.3) is 11.1 Å². The van der Waals surface area contributed by atoms with Gasteiger partial charge >= 0.3 is 6.09 Å². The number of aromatic nitrogens is 1. The molecule has 1 amide bonds. The van der Waals surface area contributed by atoms with Gasteiger partial charge in [-0.05, 0) is 50.1 Å². The molecule has 0 unspecified atom stereocenters. The van der Waals surface area contributed by atoms with Crippen molar-refractivity contribution < 1.29 is 27.8 Å². The number of rotatable bonds is 8. The van der Waals surface area contributed by atoms with E-state index < -0.39 is 17.2 Å². The highest BCUT2D eigenvalue weighted by atomic mass is 19.1. The molecule has 0 aliphatic carbocycles. The molecule has 2 aliphatic heterocycles. The molecule has 6 rings (SSSR count). The third-order valence-corrected chi connectivity index (χ3v) is 7.70. The fourth-order valence-electron chi connectivity index (χ4n) is 5.63.